The van der Waals surface area contributed by atoms with Crippen molar-refractivity contribution in [3.05, 3.63) is 29.3 Å². The summed E-state index contributed by atoms with van der Waals surface area (Å²) in [5, 5.41) is 0. The quantitative estimate of drug-likeness (QED) is 0.775. The molecule has 0 aliphatic heterocycles. The predicted molar refractivity (Wildman–Crippen MR) is 85.5 cm³/mol. The minimum atomic E-state index is -3.45. The summed E-state index contributed by atoms with van der Waals surface area (Å²) >= 11 is 0. The monoisotopic (exact) mass is 310 g/mol. The van der Waals surface area contributed by atoms with Crippen molar-refractivity contribution < 1.29 is 8.42 Å². The van der Waals surface area contributed by atoms with Crippen molar-refractivity contribution in [2.45, 2.75) is 57.4 Å². The summed E-state index contributed by atoms with van der Waals surface area (Å²) < 4.78 is 28.0. The molecule has 1 aliphatic rings. The standard InChI is InChI=1S/C16H26N2O2S/c1-3-7-16(8-9-16)12-18-21(19,20)15-10-13(11-17)5-6-14(15)4-2/h5-6,10,18H,3-4,7-9,11-12,17H2,1-2H3. The second-order valence-electron chi connectivity index (χ2n) is 6.07. The summed E-state index contributed by atoms with van der Waals surface area (Å²) in [4.78, 5) is 0.389. The van der Waals surface area contributed by atoms with Crippen molar-refractivity contribution in [1.29, 1.82) is 0 Å². The Morgan fingerprint density at radius 2 is 2.00 bits per heavy atom. The Bertz CT molecular complexity index is 592. The molecule has 1 aromatic rings. The van der Waals surface area contributed by atoms with Crippen molar-refractivity contribution in [3.63, 3.8) is 0 Å². The number of nitrogens with one attached hydrogen (secondary N) is 1. The lowest BCUT2D eigenvalue weighted by Crippen LogP contribution is -2.31. The number of benzene rings is 1. The van der Waals surface area contributed by atoms with Gasteiger partial charge in [-0.05, 0) is 48.3 Å². The van der Waals surface area contributed by atoms with Crippen LogP contribution in [0.2, 0.25) is 0 Å². The fourth-order valence-corrected chi connectivity index (χ4v) is 4.33. The average Bonchev–Trinajstić information content (AvgIpc) is 3.25. The summed E-state index contributed by atoms with van der Waals surface area (Å²) in [7, 11) is -3.45. The second kappa shape index (κ2) is 6.46. The van der Waals surface area contributed by atoms with Crippen LogP contribution in [-0.4, -0.2) is 15.0 Å². The maximum atomic E-state index is 12.6. The van der Waals surface area contributed by atoms with Crippen LogP contribution < -0.4 is 10.5 Å². The molecule has 1 aromatic carbocycles. The summed E-state index contributed by atoms with van der Waals surface area (Å²) in [6.07, 6.45) is 5.16. The fraction of sp³-hybridized carbons (Fsp3) is 0.625. The Hall–Kier alpha value is -0.910. The molecular weight excluding hydrogens is 284 g/mol. The van der Waals surface area contributed by atoms with Crippen molar-refractivity contribution >= 4 is 10.0 Å². The molecule has 4 nitrogen and oxygen atoms in total. The first-order valence-electron chi connectivity index (χ1n) is 7.78. The largest absolute Gasteiger partial charge is 0.326 e. The summed E-state index contributed by atoms with van der Waals surface area (Å²) in [6.45, 7) is 5.02. The topological polar surface area (TPSA) is 72.2 Å². The summed E-state index contributed by atoms with van der Waals surface area (Å²) in [6, 6.07) is 5.48. The molecule has 118 valence electrons. The van der Waals surface area contributed by atoms with Crippen molar-refractivity contribution in [2.24, 2.45) is 11.1 Å². The van der Waals surface area contributed by atoms with E-state index in [0.717, 1.165) is 36.8 Å². The highest BCUT2D eigenvalue weighted by Gasteiger charge is 2.42. The van der Waals surface area contributed by atoms with Gasteiger partial charge in [-0.15, -0.1) is 0 Å². The van der Waals surface area contributed by atoms with Gasteiger partial charge in [-0.25, -0.2) is 13.1 Å². The van der Waals surface area contributed by atoms with Crippen molar-refractivity contribution in [2.75, 3.05) is 6.54 Å². The van der Waals surface area contributed by atoms with Crippen LogP contribution in [0.5, 0.6) is 0 Å². The van der Waals surface area contributed by atoms with Crippen molar-refractivity contribution in [1.82, 2.24) is 4.72 Å². The number of sulfonamides is 1. The Balaban J connectivity index is 2.19. The smallest absolute Gasteiger partial charge is 0.240 e. The zero-order valence-electron chi connectivity index (χ0n) is 13.0. The second-order valence-corrected chi connectivity index (χ2v) is 7.81. The van der Waals surface area contributed by atoms with Crippen LogP contribution in [0.25, 0.3) is 0 Å². The molecule has 0 radical (unpaired) electrons. The molecule has 0 heterocycles. The minimum absolute atomic E-state index is 0.208. The van der Waals surface area contributed by atoms with E-state index in [-0.39, 0.29) is 5.41 Å². The molecule has 0 aromatic heterocycles. The lowest BCUT2D eigenvalue weighted by atomic mass is 10.0. The lowest BCUT2D eigenvalue weighted by molar-refractivity contribution is 0.449. The first kappa shape index (κ1) is 16.5. The van der Waals surface area contributed by atoms with Crippen LogP contribution in [0, 0.1) is 5.41 Å². The van der Waals surface area contributed by atoms with Gasteiger partial charge in [0, 0.05) is 13.1 Å². The van der Waals surface area contributed by atoms with Gasteiger partial charge in [-0.3, -0.25) is 0 Å². The molecule has 21 heavy (non-hydrogen) atoms. The lowest BCUT2D eigenvalue weighted by Gasteiger charge is -2.17. The van der Waals surface area contributed by atoms with E-state index in [2.05, 4.69) is 11.6 Å². The van der Waals surface area contributed by atoms with Crippen molar-refractivity contribution in [3.8, 4) is 0 Å². The molecule has 1 fully saturated rings. The van der Waals surface area contributed by atoms with E-state index in [9.17, 15) is 8.42 Å². The summed E-state index contributed by atoms with van der Waals surface area (Å²) in [5.74, 6) is 0. The fourth-order valence-electron chi connectivity index (χ4n) is 2.82. The molecule has 1 aliphatic carbocycles. The number of nitrogens with two attached hydrogens (primary N) is 1. The maximum Gasteiger partial charge on any atom is 0.240 e. The SMILES string of the molecule is CCCC1(CNS(=O)(=O)c2cc(CN)ccc2CC)CC1. The predicted octanol–water partition coefficient (Wildman–Crippen LogP) is 2.57. The Kier molecular flexibility index (Phi) is 5.07. The molecule has 2 rings (SSSR count). The van der Waals surface area contributed by atoms with E-state index in [1.54, 1.807) is 6.07 Å². The third-order valence-corrected chi connectivity index (χ3v) is 5.90. The Labute approximate surface area is 128 Å². The zero-order chi connectivity index (χ0) is 15.5. The normalized spacial score (nSPS) is 16.9. The maximum absolute atomic E-state index is 12.6. The van der Waals surface area contributed by atoms with Gasteiger partial charge in [0.05, 0.1) is 4.90 Å². The Morgan fingerprint density at radius 3 is 2.52 bits per heavy atom. The molecule has 3 N–H and O–H groups in total. The zero-order valence-corrected chi connectivity index (χ0v) is 13.8. The molecule has 0 saturated heterocycles. The first-order chi connectivity index (χ1) is 9.96. The third-order valence-electron chi connectivity index (χ3n) is 4.41. The van der Waals surface area contributed by atoms with Crippen LogP contribution in [0.1, 0.15) is 50.7 Å². The average molecular weight is 310 g/mol. The molecule has 0 amide bonds. The molecule has 0 bridgehead atoms. The minimum Gasteiger partial charge on any atom is -0.326 e. The van der Waals surface area contributed by atoms with Gasteiger partial charge in [0.1, 0.15) is 0 Å². The molecule has 0 atom stereocenters. The number of hydrogen-bond acceptors (Lipinski definition) is 3. The van der Waals surface area contributed by atoms with E-state index in [4.69, 9.17) is 5.73 Å². The third kappa shape index (κ3) is 3.84. The number of rotatable bonds is 8. The van der Waals surface area contributed by atoms with Gasteiger partial charge in [0.15, 0.2) is 0 Å². The van der Waals surface area contributed by atoms with E-state index in [1.165, 1.54) is 0 Å². The molecule has 0 spiro atoms. The highest BCUT2D eigenvalue weighted by Crippen LogP contribution is 2.49. The van der Waals surface area contributed by atoms with E-state index in [0.29, 0.717) is 24.4 Å². The van der Waals surface area contributed by atoms with Gasteiger partial charge < -0.3 is 5.73 Å². The Morgan fingerprint density at radius 1 is 1.29 bits per heavy atom. The van der Waals surface area contributed by atoms with Crippen LogP contribution in [0.4, 0.5) is 0 Å². The number of aryl methyl sites for hydroxylation is 1. The first-order valence-corrected chi connectivity index (χ1v) is 9.26. The summed E-state index contributed by atoms with van der Waals surface area (Å²) in [5.41, 5.74) is 7.54. The van der Waals surface area contributed by atoms with Gasteiger partial charge in [-0.2, -0.15) is 0 Å². The van der Waals surface area contributed by atoms with Crippen LogP contribution >= 0.6 is 0 Å². The number of hydrogen-bond donors (Lipinski definition) is 2. The van der Waals surface area contributed by atoms with Gasteiger partial charge >= 0.3 is 0 Å². The van der Waals surface area contributed by atoms with Crippen LogP contribution in [0.15, 0.2) is 23.1 Å². The molecule has 0 unspecified atom stereocenters. The molecule has 5 heteroatoms. The van der Waals surface area contributed by atoms with E-state index < -0.39 is 10.0 Å². The highest BCUT2D eigenvalue weighted by atomic mass is 32.2. The molecular formula is C16H26N2O2S. The van der Waals surface area contributed by atoms with Gasteiger partial charge in [0.2, 0.25) is 10.0 Å². The molecule has 1 saturated carbocycles. The van der Waals surface area contributed by atoms with Gasteiger partial charge in [-0.1, -0.05) is 32.4 Å². The van der Waals surface area contributed by atoms with E-state index in [1.807, 2.05) is 19.1 Å². The van der Waals surface area contributed by atoms with Crippen LogP contribution in [-0.2, 0) is 23.0 Å². The van der Waals surface area contributed by atoms with Gasteiger partial charge in [0.25, 0.3) is 0 Å². The van der Waals surface area contributed by atoms with Crippen LogP contribution in [0.3, 0.4) is 0 Å². The highest BCUT2D eigenvalue weighted by molar-refractivity contribution is 7.89. The van der Waals surface area contributed by atoms with E-state index >= 15 is 0 Å².